The molecule has 0 saturated heterocycles. The van der Waals surface area contributed by atoms with E-state index in [0.29, 0.717) is 48.6 Å². The maximum atomic E-state index is 12.1. The molecule has 8 heteroatoms. The second kappa shape index (κ2) is 12.4. The van der Waals surface area contributed by atoms with Crippen LogP contribution in [0.4, 0.5) is 5.69 Å². The predicted octanol–water partition coefficient (Wildman–Crippen LogP) is 5.29. The monoisotopic (exact) mass is 501 g/mol. The summed E-state index contributed by atoms with van der Waals surface area (Å²) in [5, 5.41) is 4.50. The van der Waals surface area contributed by atoms with Crippen LogP contribution in [-0.2, 0) is 16.1 Å². The van der Waals surface area contributed by atoms with Crippen molar-refractivity contribution < 1.29 is 27.7 Å². The number of carbonyl (C=O) groups excluding carboxylic acids is 1. The number of carbonyl (C=O) groups is 1. The Morgan fingerprint density at radius 1 is 1.05 bits per heavy atom. The molecule has 0 fully saturated rings. The van der Waals surface area contributed by atoms with E-state index in [1.165, 1.54) is 12.1 Å². The number of aryl methyl sites for hydroxylation is 1. The van der Waals surface area contributed by atoms with Crippen molar-refractivity contribution in [3.63, 3.8) is 0 Å². The molecule has 4 aromatic rings. The molecular weight excluding hydrogens is 472 g/mol. The van der Waals surface area contributed by atoms with Crippen LogP contribution in [0.5, 0.6) is 5.75 Å². The summed E-state index contributed by atoms with van der Waals surface area (Å²) in [6.45, 7) is 3.00. The van der Waals surface area contributed by atoms with Crippen molar-refractivity contribution in [1.29, 1.82) is 0 Å². The van der Waals surface area contributed by atoms with Crippen LogP contribution in [-0.4, -0.2) is 19.6 Å². The predicted molar refractivity (Wildman–Crippen MR) is 141 cm³/mol. The molecule has 4 rings (SSSR count). The number of hydrogen-bond acceptors (Lipinski definition) is 6. The van der Waals surface area contributed by atoms with Crippen molar-refractivity contribution in [3.05, 3.63) is 102 Å². The second-order valence-electron chi connectivity index (χ2n) is 8.17. The van der Waals surface area contributed by atoms with Gasteiger partial charge in [-0.1, -0.05) is 12.2 Å². The Morgan fingerprint density at radius 3 is 2.62 bits per heavy atom. The van der Waals surface area contributed by atoms with Crippen LogP contribution in [0.2, 0.25) is 0 Å². The smallest absolute Gasteiger partial charge is 0.336 e. The summed E-state index contributed by atoms with van der Waals surface area (Å²) in [4.78, 5) is 23.9. The van der Waals surface area contributed by atoms with E-state index >= 15 is 0 Å². The van der Waals surface area contributed by atoms with Gasteiger partial charge in [-0.05, 0) is 49.8 Å². The van der Waals surface area contributed by atoms with E-state index in [0.717, 1.165) is 16.5 Å². The summed E-state index contributed by atoms with van der Waals surface area (Å²) in [6.07, 6.45) is 15.7. The van der Waals surface area contributed by atoms with Crippen molar-refractivity contribution in [2.75, 3.05) is 19.0 Å². The van der Waals surface area contributed by atoms with E-state index in [2.05, 4.69) is 5.32 Å². The van der Waals surface area contributed by atoms with Crippen molar-refractivity contribution >= 4 is 33.5 Å². The minimum absolute atomic E-state index is 0.191. The molecule has 0 aliphatic carbocycles. The molecule has 0 radical (unpaired) electrons. The third-order valence-corrected chi connectivity index (χ3v) is 5.59. The fourth-order valence-electron chi connectivity index (χ4n) is 3.75. The number of fused-ring (bicyclic) bond motifs is 2. The summed E-state index contributed by atoms with van der Waals surface area (Å²) in [5.41, 5.74) is 1.20. The van der Waals surface area contributed by atoms with Crippen LogP contribution >= 0.6 is 0 Å². The van der Waals surface area contributed by atoms with Gasteiger partial charge in [0.1, 0.15) is 5.76 Å². The van der Waals surface area contributed by atoms with Gasteiger partial charge in [0.2, 0.25) is 11.7 Å². The lowest BCUT2D eigenvalue weighted by molar-refractivity contribution is -0.697. The fourth-order valence-corrected chi connectivity index (χ4v) is 3.75. The number of anilines is 1. The Balaban J connectivity index is 1.27. The maximum absolute atomic E-state index is 12.1. The maximum Gasteiger partial charge on any atom is 0.336 e. The Labute approximate surface area is 214 Å². The van der Waals surface area contributed by atoms with Crippen LogP contribution in [0.25, 0.3) is 21.9 Å². The molecule has 1 aromatic carbocycles. The first-order chi connectivity index (χ1) is 18.1. The number of furan rings is 1. The van der Waals surface area contributed by atoms with E-state index in [1.807, 2.05) is 66.4 Å². The molecule has 0 bridgehead atoms. The average Bonchev–Trinajstić information content (AvgIpc) is 3.37. The largest absolute Gasteiger partial charge is 0.497 e. The first-order valence-corrected chi connectivity index (χ1v) is 12.0. The van der Waals surface area contributed by atoms with Gasteiger partial charge in [0.05, 0.1) is 25.7 Å². The van der Waals surface area contributed by atoms with E-state index < -0.39 is 5.63 Å². The van der Waals surface area contributed by atoms with Crippen LogP contribution < -0.4 is 20.2 Å². The molecule has 0 spiro atoms. The van der Waals surface area contributed by atoms with Gasteiger partial charge in [0.25, 0.3) is 0 Å². The fraction of sp³-hybridized carbons (Fsp3) is 0.207. The van der Waals surface area contributed by atoms with Crippen LogP contribution in [0.1, 0.15) is 19.8 Å². The number of amides is 1. The van der Waals surface area contributed by atoms with Crippen LogP contribution in [0.15, 0.2) is 105 Å². The van der Waals surface area contributed by atoms with Gasteiger partial charge in [-0.25, -0.2) is 9.36 Å². The Kier molecular flexibility index (Phi) is 8.54. The zero-order valence-electron chi connectivity index (χ0n) is 20.8. The van der Waals surface area contributed by atoms with Crippen molar-refractivity contribution in [3.8, 4) is 5.75 Å². The number of pyridine rings is 1. The highest BCUT2D eigenvalue weighted by molar-refractivity contribution is 6.00. The van der Waals surface area contributed by atoms with Crippen molar-refractivity contribution in [2.45, 2.75) is 26.3 Å². The van der Waals surface area contributed by atoms with E-state index in [1.54, 1.807) is 25.5 Å². The van der Waals surface area contributed by atoms with Gasteiger partial charge in [0.15, 0.2) is 30.1 Å². The molecule has 1 N–H and O–H groups in total. The summed E-state index contributed by atoms with van der Waals surface area (Å²) in [5.74, 6) is 1.02. The SMILES string of the molecule is CC=C(C=CCC=CC(=O)Nc1cc[n+](CCCOc2c3occc3cc3ccc(=O)oc23)cc1)OC. The lowest BCUT2D eigenvalue weighted by Crippen LogP contribution is -2.33. The highest BCUT2D eigenvalue weighted by Gasteiger charge is 2.15. The molecule has 1 amide bonds. The summed E-state index contributed by atoms with van der Waals surface area (Å²) in [6, 6.07) is 10.5. The average molecular weight is 502 g/mol. The number of nitrogens with zero attached hydrogens (tertiary/aromatic N) is 1. The number of ether oxygens (including phenoxy) is 2. The third-order valence-electron chi connectivity index (χ3n) is 5.59. The number of methoxy groups -OCH3 is 1. The minimum atomic E-state index is -0.441. The zero-order valence-corrected chi connectivity index (χ0v) is 20.8. The van der Waals surface area contributed by atoms with Gasteiger partial charge in [0, 0.05) is 35.4 Å². The van der Waals surface area contributed by atoms with E-state index in [4.69, 9.17) is 18.3 Å². The quantitative estimate of drug-likeness (QED) is 0.0750. The number of benzene rings is 1. The number of rotatable bonds is 11. The van der Waals surface area contributed by atoms with E-state index in [9.17, 15) is 9.59 Å². The van der Waals surface area contributed by atoms with E-state index in [-0.39, 0.29) is 5.91 Å². The summed E-state index contributed by atoms with van der Waals surface area (Å²) >= 11 is 0. The second-order valence-corrected chi connectivity index (χ2v) is 8.17. The zero-order chi connectivity index (χ0) is 26.0. The highest BCUT2D eigenvalue weighted by Crippen LogP contribution is 2.34. The molecule has 190 valence electrons. The minimum Gasteiger partial charge on any atom is -0.497 e. The number of aromatic nitrogens is 1. The first kappa shape index (κ1) is 25.5. The van der Waals surface area contributed by atoms with Gasteiger partial charge < -0.3 is 23.6 Å². The van der Waals surface area contributed by atoms with Crippen LogP contribution in [0.3, 0.4) is 0 Å². The lowest BCUT2D eigenvalue weighted by Gasteiger charge is -2.08. The molecule has 37 heavy (non-hydrogen) atoms. The molecular formula is C29H29N2O6+. The Morgan fingerprint density at radius 2 is 1.84 bits per heavy atom. The number of nitrogens with one attached hydrogen (secondary N) is 1. The number of hydrogen-bond donors (Lipinski definition) is 1. The molecule has 0 aliphatic rings. The summed E-state index contributed by atoms with van der Waals surface area (Å²) in [7, 11) is 1.62. The van der Waals surface area contributed by atoms with Gasteiger partial charge in [-0.3, -0.25) is 4.79 Å². The molecule has 0 unspecified atom stereocenters. The topological polar surface area (TPSA) is 94.8 Å². The van der Waals surface area contributed by atoms with Gasteiger partial charge in [-0.15, -0.1) is 0 Å². The standard InChI is InChI=1S/C29H28N2O6/c1-3-24(34-2)8-5-4-6-9-25(32)30-23-12-16-31(17-13-23)15-7-18-35-29-27-22(14-19-36-27)20-21-10-11-26(33)37-28(21)29/h3,5-6,8-14,16-17,19-20H,4,7,15,18H2,1-2H3/p+1. The van der Waals surface area contributed by atoms with Crippen LogP contribution in [0, 0.1) is 0 Å². The molecule has 0 saturated carbocycles. The first-order valence-electron chi connectivity index (χ1n) is 12.0. The Bertz CT molecular complexity index is 1510. The summed E-state index contributed by atoms with van der Waals surface area (Å²) < 4.78 is 24.1. The van der Waals surface area contributed by atoms with Crippen molar-refractivity contribution in [1.82, 2.24) is 0 Å². The molecule has 3 aromatic heterocycles. The Hall–Kier alpha value is -4.59. The molecule has 3 heterocycles. The normalized spacial score (nSPS) is 12.1. The third kappa shape index (κ3) is 6.76. The molecule has 8 nitrogen and oxygen atoms in total. The molecule has 0 aliphatic heterocycles. The molecule has 0 atom stereocenters. The van der Waals surface area contributed by atoms with Gasteiger partial charge in [-0.2, -0.15) is 0 Å². The van der Waals surface area contributed by atoms with Gasteiger partial charge >= 0.3 is 5.63 Å². The highest BCUT2D eigenvalue weighted by atomic mass is 16.5. The lowest BCUT2D eigenvalue weighted by atomic mass is 10.1. The number of allylic oxidation sites excluding steroid dienone is 4. The van der Waals surface area contributed by atoms with Crippen molar-refractivity contribution in [2.24, 2.45) is 0 Å².